The van der Waals surface area contributed by atoms with E-state index in [9.17, 15) is 57.9 Å². The number of nitrogens with zero attached hydrogens (tertiary/aromatic N) is 2. The van der Waals surface area contributed by atoms with Gasteiger partial charge in [0, 0.05) is 16.2 Å². The topological polar surface area (TPSA) is 71.5 Å². The number of hydrogen-bond donors (Lipinski definition) is 1. The summed E-state index contributed by atoms with van der Waals surface area (Å²) in [6.07, 6.45) is -17.1. The summed E-state index contributed by atoms with van der Waals surface area (Å²) in [6.45, 7) is -0.115. The summed E-state index contributed by atoms with van der Waals surface area (Å²) in [7, 11) is 0. The molecule has 1 saturated carbocycles. The maximum absolute atomic E-state index is 15.7. The lowest BCUT2D eigenvalue weighted by Crippen LogP contribution is -2.50. The summed E-state index contributed by atoms with van der Waals surface area (Å²) < 4.78 is 164. The zero-order chi connectivity index (χ0) is 34.4. The second-order valence-corrected chi connectivity index (χ2v) is 10.7. The molecule has 2 amide bonds. The van der Waals surface area contributed by atoms with Crippen LogP contribution in [0.1, 0.15) is 44.7 Å². The highest BCUT2D eigenvalue weighted by Gasteiger charge is 2.73. The van der Waals surface area contributed by atoms with Gasteiger partial charge < -0.3 is 5.32 Å². The summed E-state index contributed by atoms with van der Waals surface area (Å²) in [4.78, 5) is 34.9. The van der Waals surface area contributed by atoms with E-state index in [4.69, 9.17) is 4.84 Å². The van der Waals surface area contributed by atoms with Gasteiger partial charge >= 0.3 is 24.2 Å². The first-order chi connectivity index (χ1) is 21.2. The van der Waals surface area contributed by atoms with Gasteiger partial charge in [0.15, 0.2) is 5.82 Å². The van der Waals surface area contributed by atoms with Crippen LogP contribution in [0.4, 0.5) is 64.1 Å². The molecule has 0 atom stereocenters. The van der Waals surface area contributed by atoms with E-state index in [-0.39, 0.29) is 24.2 Å². The first-order valence-corrected chi connectivity index (χ1v) is 13.4. The van der Waals surface area contributed by atoms with Gasteiger partial charge in [0.2, 0.25) is 5.95 Å². The largest absolute Gasteiger partial charge is 0.435 e. The Morgan fingerprint density at radius 3 is 2.09 bits per heavy atom. The maximum Gasteiger partial charge on any atom is 0.435 e. The Bertz CT molecular complexity index is 1620. The van der Waals surface area contributed by atoms with Crippen LogP contribution in [0, 0.1) is 17.7 Å². The molecule has 0 spiro atoms. The minimum atomic E-state index is -6.75. The number of rotatable bonds is 8. The number of aromatic nitrogens is 1. The van der Waals surface area contributed by atoms with Crippen LogP contribution in [0.15, 0.2) is 53.1 Å². The SMILES string of the molecule is O=C(Nc1c(Br)cc(C(F)(C(F)(F)F)C(F)(F)F)cc1C(F)(F)F)c1cccc(N(OCC2CC2)C(=O)c2ccc(F)nc2)c1F. The van der Waals surface area contributed by atoms with Gasteiger partial charge in [0.05, 0.1) is 29.0 Å². The first kappa shape index (κ1) is 35.0. The third-order valence-electron chi connectivity index (χ3n) is 6.55. The van der Waals surface area contributed by atoms with Crippen LogP contribution < -0.4 is 10.4 Å². The Morgan fingerprint density at radius 1 is 0.935 bits per heavy atom. The standard InChI is InChI=1S/C27H16BrF12N3O3/c28-17-9-14(24(31,26(35,36)37)27(38,39)40)8-16(25(32,33)34)21(17)42-22(44)15-2-1-3-18(20(15)30)43(46-11-12-4-5-12)23(45)13-6-7-19(29)41-10-13/h1-3,6-10,12H,4-5,11H2,(H,42,44). The lowest BCUT2D eigenvalue weighted by molar-refractivity contribution is -0.348. The van der Waals surface area contributed by atoms with Crippen molar-refractivity contribution >= 4 is 39.1 Å². The van der Waals surface area contributed by atoms with Gasteiger partial charge in [-0.3, -0.25) is 14.4 Å². The third-order valence-corrected chi connectivity index (χ3v) is 7.18. The van der Waals surface area contributed by atoms with Crippen molar-refractivity contribution in [2.75, 3.05) is 17.0 Å². The Kier molecular flexibility index (Phi) is 9.42. The molecular weight excluding hydrogens is 722 g/mol. The Balaban J connectivity index is 1.76. The van der Waals surface area contributed by atoms with Gasteiger partial charge in [-0.1, -0.05) is 6.07 Å². The summed E-state index contributed by atoms with van der Waals surface area (Å²) in [6, 6.07) is 3.39. The number of benzene rings is 2. The third kappa shape index (κ3) is 6.93. The zero-order valence-corrected chi connectivity index (χ0v) is 23.9. The van der Waals surface area contributed by atoms with Gasteiger partial charge in [-0.05, 0) is 71.1 Å². The molecule has 1 aromatic heterocycles. The normalized spacial score (nSPS) is 14.3. The molecule has 1 aliphatic carbocycles. The van der Waals surface area contributed by atoms with E-state index in [0.29, 0.717) is 17.9 Å². The number of nitrogens with one attached hydrogen (secondary N) is 1. The van der Waals surface area contributed by atoms with Gasteiger partial charge in [-0.25, -0.2) is 13.8 Å². The van der Waals surface area contributed by atoms with E-state index in [2.05, 4.69) is 20.9 Å². The van der Waals surface area contributed by atoms with Gasteiger partial charge in [-0.15, -0.1) is 0 Å². The van der Waals surface area contributed by atoms with Crippen LogP contribution in [-0.2, 0) is 16.7 Å². The molecule has 0 aliphatic heterocycles. The van der Waals surface area contributed by atoms with Gasteiger partial charge in [0.1, 0.15) is 5.69 Å². The van der Waals surface area contributed by atoms with Crippen LogP contribution in [0.5, 0.6) is 0 Å². The molecule has 1 N–H and O–H groups in total. The summed E-state index contributed by atoms with van der Waals surface area (Å²) in [5.74, 6) is -5.34. The highest BCUT2D eigenvalue weighted by Crippen LogP contribution is 2.55. The molecule has 0 bridgehead atoms. The molecule has 2 aromatic carbocycles. The molecule has 19 heteroatoms. The van der Waals surface area contributed by atoms with E-state index < -0.39 is 86.4 Å². The van der Waals surface area contributed by atoms with Crippen LogP contribution >= 0.6 is 15.9 Å². The Morgan fingerprint density at radius 2 is 1.57 bits per heavy atom. The minimum Gasteiger partial charge on any atom is -0.320 e. The summed E-state index contributed by atoms with van der Waals surface area (Å²) in [5.41, 5.74) is -14.7. The van der Waals surface area contributed by atoms with E-state index in [1.54, 1.807) is 5.32 Å². The number of hydrogen-bond acceptors (Lipinski definition) is 4. The van der Waals surface area contributed by atoms with E-state index in [1.165, 1.54) is 0 Å². The molecule has 1 aliphatic rings. The smallest absolute Gasteiger partial charge is 0.320 e. The molecule has 1 heterocycles. The van der Waals surface area contributed by atoms with Crippen molar-refractivity contribution in [2.45, 2.75) is 37.0 Å². The van der Waals surface area contributed by atoms with Crippen LogP contribution in [0.3, 0.4) is 0 Å². The number of alkyl halides is 10. The number of hydroxylamine groups is 1. The van der Waals surface area contributed by atoms with Crippen molar-refractivity contribution in [2.24, 2.45) is 5.92 Å². The quantitative estimate of drug-likeness (QED) is 0.143. The lowest BCUT2D eigenvalue weighted by Gasteiger charge is -2.31. The fraction of sp³-hybridized carbons (Fsp3) is 0.296. The molecule has 1 fully saturated rings. The number of carbonyl (C=O) groups excluding carboxylic acids is 2. The molecule has 4 rings (SSSR count). The highest BCUT2D eigenvalue weighted by atomic mass is 79.9. The molecule has 0 saturated heterocycles. The number of anilines is 2. The fourth-order valence-electron chi connectivity index (χ4n) is 4.00. The second kappa shape index (κ2) is 12.4. The summed E-state index contributed by atoms with van der Waals surface area (Å²) in [5, 5.41) is 1.97. The second-order valence-electron chi connectivity index (χ2n) is 9.83. The van der Waals surface area contributed by atoms with Crippen molar-refractivity contribution in [3.63, 3.8) is 0 Å². The zero-order valence-electron chi connectivity index (χ0n) is 22.4. The molecule has 6 nitrogen and oxygen atoms in total. The first-order valence-electron chi connectivity index (χ1n) is 12.6. The van der Waals surface area contributed by atoms with E-state index >= 15 is 4.39 Å². The predicted molar refractivity (Wildman–Crippen MR) is 138 cm³/mol. The lowest BCUT2D eigenvalue weighted by atomic mass is 9.92. The molecule has 46 heavy (non-hydrogen) atoms. The van der Waals surface area contributed by atoms with Crippen LogP contribution in [0.2, 0.25) is 0 Å². The predicted octanol–water partition coefficient (Wildman–Crippen LogP) is 8.67. The van der Waals surface area contributed by atoms with Crippen LogP contribution in [0.25, 0.3) is 0 Å². The summed E-state index contributed by atoms with van der Waals surface area (Å²) >= 11 is 2.35. The van der Waals surface area contributed by atoms with Crippen LogP contribution in [-0.4, -0.2) is 35.8 Å². The van der Waals surface area contributed by atoms with Crippen molar-refractivity contribution in [1.82, 2.24) is 4.98 Å². The number of amides is 2. The van der Waals surface area contributed by atoms with Crippen molar-refractivity contribution < 1.29 is 67.1 Å². The fourth-order valence-corrected chi connectivity index (χ4v) is 4.56. The van der Waals surface area contributed by atoms with Crippen molar-refractivity contribution in [3.8, 4) is 0 Å². The minimum absolute atomic E-state index is 0.0185. The molecule has 3 aromatic rings. The highest BCUT2D eigenvalue weighted by molar-refractivity contribution is 9.10. The van der Waals surface area contributed by atoms with E-state index in [1.807, 2.05) is 0 Å². The monoisotopic (exact) mass is 737 g/mol. The molecule has 248 valence electrons. The maximum atomic E-state index is 15.7. The molecule has 0 radical (unpaired) electrons. The average Bonchev–Trinajstić information content (AvgIpc) is 3.77. The number of pyridine rings is 1. The number of halogens is 13. The average molecular weight is 738 g/mol. The Labute approximate surface area is 258 Å². The van der Waals surface area contributed by atoms with Gasteiger partial charge in [-0.2, -0.15) is 49.0 Å². The van der Waals surface area contributed by atoms with Crippen molar-refractivity contribution in [1.29, 1.82) is 0 Å². The molecule has 0 unspecified atom stereocenters. The molecular formula is C27H16BrF12N3O3. The van der Waals surface area contributed by atoms with Gasteiger partial charge in [0.25, 0.3) is 11.8 Å². The van der Waals surface area contributed by atoms with E-state index in [0.717, 1.165) is 36.5 Å². The van der Waals surface area contributed by atoms with Crippen molar-refractivity contribution in [3.05, 3.63) is 87.2 Å². The number of carbonyl (C=O) groups is 2. The Hall–Kier alpha value is -3.87.